The van der Waals surface area contributed by atoms with Crippen molar-refractivity contribution < 1.29 is 9.90 Å². The van der Waals surface area contributed by atoms with Crippen molar-refractivity contribution in [1.82, 2.24) is 4.90 Å². The molecule has 0 aromatic carbocycles. The summed E-state index contributed by atoms with van der Waals surface area (Å²) in [4.78, 5) is 16.1. The van der Waals surface area contributed by atoms with Gasteiger partial charge in [0.1, 0.15) is 5.78 Å². The normalized spacial score (nSPS) is 58.3. The van der Waals surface area contributed by atoms with E-state index in [0.717, 1.165) is 73.2 Å². The first-order chi connectivity index (χ1) is 14.4. The van der Waals surface area contributed by atoms with E-state index in [1.165, 1.54) is 45.2 Å². The van der Waals surface area contributed by atoms with Crippen molar-refractivity contribution in [3.63, 3.8) is 0 Å². The highest BCUT2D eigenvalue weighted by Crippen LogP contribution is 2.66. The number of ketones is 1. The monoisotopic (exact) mass is 413 g/mol. The van der Waals surface area contributed by atoms with Gasteiger partial charge in [0.2, 0.25) is 0 Å². The molecule has 6 fully saturated rings. The van der Waals surface area contributed by atoms with Gasteiger partial charge in [-0.3, -0.25) is 9.69 Å². The molecule has 0 aromatic rings. The Morgan fingerprint density at radius 3 is 2.53 bits per heavy atom. The minimum Gasteiger partial charge on any atom is -0.393 e. The summed E-state index contributed by atoms with van der Waals surface area (Å²) in [5.41, 5.74) is 0.161. The molecule has 168 valence electrons. The predicted octanol–water partition coefficient (Wildman–Crippen LogP) is 4.77. The summed E-state index contributed by atoms with van der Waals surface area (Å²) < 4.78 is 0. The van der Waals surface area contributed by atoms with Gasteiger partial charge >= 0.3 is 0 Å². The van der Waals surface area contributed by atoms with Crippen LogP contribution >= 0.6 is 0 Å². The molecule has 0 spiro atoms. The molecule has 2 heterocycles. The second-order valence-corrected chi connectivity index (χ2v) is 13.0. The number of nitrogens with zero attached hydrogens (tertiary/aromatic N) is 1. The first-order valence-corrected chi connectivity index (χ1v) is 13.3. The van der Waals surface area contributed by atoms with E-state index in [-0.39, 0.29) is 17.4 Å². The quantitative estimate of drug-likeness (QED) is 0.622. The first-order valence-electron chi connectivity index (χ1n) is 13.3. The fourth-order valence-electron chi connectivity index (χ4n) is 10.3. The Bertz CT molecular complexity index is 705. The molecule has 0 aromatic heterocycles. The van der Waals surface area contributed by atoms with Crippen molar-refractivity contribution in [3.8, 4) is 0 Å². The van der Waals surface area contributed by atoms with E-state index in [9.17, 15) is 9.90 Å². The molecule has 2 aliphatic heterocycles. The minimum absolute atomic E-state index is 0.135. The van der Waals surface area contributed by atoms with Gasteiger partial charge in [-0.05, 0) is 104 Å². The SMILES string of the molecule is C[C@H]1CC[C@@H]2[C@H](C)[C@H]3CC[C@@H]4[C@@H](C[C@H]5[C@H]4CC(=O)[C@H]4C[C@@H](O)CC[C@@]45C)[C@@H]3CN2C1. The highest BCUT2D eigenvalue weighted by molar-refractivity contribution is 5.83. The van der Waals surface area contributed by atoms with Crippen LogP contribution in [0.15, 0.2) is 0 Å². The summed E-state index contributed by atoms with van der Waals surface area (Å²) in [6.07, 6.45) is 10.3. The van der Waals surface area contributed by atoms with Crippen LogP contribution in [0.2, 0.25) is 0 Å². The Kier molecular flexibility index (Phi) is 4.75. The van der Waals surface area contributed by atoms with Gasteiger partial charge in [0, 0.05) is 31.5 Å². The van der Waals surface area contributed by atoms with E-state index in [1.807, 2.05) is 0 Å². The summed E-state index contributed by atoms with van der Waals surface area (Å²) in [7, 11) is 0. The van der Waals surface area contributed by atoms with Crippen molar-refractivity contribution in [3.05, 3.63) is 0 Å². The van der Waals surface area contributed by atoms with Crippen LogP contribution in [0.1, 0.15) is 78.6 Å². The van der Waals surface area contributed by atoms with E-state index < -0.39 is 0 Å². The van der Waals surface area contributed by atoms with Gasteiger partial charge < -0.3 is 5.11 Å². The molecule has 0 radical (unpaired) electrons. The maximum atomic E-state index is 13.2. The summed E-state index contributed by atoms with van der Waals surface area (Å²) in [5, 5.41) is 10.3. The summed E-state index contributed by atoms with van der Waals surface area (Å²) in [6.45, 7) is 10.1. The Labute approximate surface area is 183 Å². The number of carbonyl (C=O) groups excluding carboxylic acids is 1. The summed E-state index contributed by atoms with van der Waals surface area (Å²) >= 11 is 0. The Hall–Kier alpha value is -0.410. The number of piperidine rings is 2. The number of hydrogen-bond donors (Lipinski definition) is 1. The fourth-order valence-corrected chi connectivity index (χ4v) is 10.3. The summed E-state index contributed by atoms with van der Waals surface area (Å²) in [5.74, 6) is 7.19. The predicted molar refractivity (Wildman–Crippen MR) is 119 cm³/mol. The highest BCUT2D eigenvalue weighted by Gasteiger charge is 2.62. The lowest BCUT2D eigenvalue weighted by molar-refractivity contribution is -0.145. The molecule has 4 saturated carbocycles. The first kappa shape index (κ1) is 20.2. The van der Waals surface area contributed by atoms with Gasteiger partial charge in [-0.15, -0.1) is 0 Å². The van der Waals surface area contributed by atoms with Gasteiger partial charge in [-0.1, -0.05) is 20.8 Å². The molecule has 0 amide bonds. The second kappa shape index (κ2) is 7.04. The number of Topliss-reactive ketones (excluding diaryl/α,β-unsaturated/α-hetero) is 1. The molecule has 3 heteroatoms. The molecule has 0 unspecified atom stereocenters. The molecule has 6 aliphatic rings. The van der Waals surface area contributed by atoms with Crippen molar-refractivity contribution in [1.29, 1.82) is 0 Å². The fraction of sp³-hybridized carbons (Fsp3) is 0.963. The van der Waals surface area contributed by atoms with E-state index in [4.69, 9.17) is 0 Å². The molecule has 1 N–H and O–H groups in total. The molecular formula is C27H43NO2. The van der Waals surface area contributed by atoms with Crippen LogP contribution in [0, 0.1) is 58.7 Å². The lowest BCUT2D eigenvalue weighted by Gasteiger charge is -2.56. The maximum Gasteiger partial charge on any atom is 0.136 e. The number of rotatable bonds is 0. The van der Waals surface area contributed by atoms with Crippen LogP contribution in [-0.2, 0) is 4.79 Å². The average molecular weight is 414 g/mol. The Morgan fingerprint density at radius 1 is 0.900 bits per heavy atom. The molecule has 2 saturated heterocycles. The Morgan fingerprint density at radius 2 is 1.70 bits per heavy atom. The molecule has 3 nitrogen and oxygen atoms in total. The van der Waals surface area contributed by atoms with Gasteiger partial charge in [0.05, 0.1) is 6.10 Å². The number of aliphatic hydroxyl groups is 1. The molecule has 30 heavy (non-hydrogen) atoms. The largest absolute Gasteiger partial charge is 0.393 e. The van der Waals surface area contributed by atoms with E-state index >= 15 is 0 Å². The van der Waals surface area contributed by atoms with Crippen LogP contribution in [0.5, 0.6) is 0 Å². The Balaban J connectivity index is 1.28. The number of fused-ring (bicyclic) bond motifs is 8. The molecule has 6 rings (SSSR count). The lowest BCUT2D eigenvalue weighted by Crippen LogP contribution is -2.58. The third-order valence-electron chi connectivity index (χ3n) is 11.8. The third-order valence-corrected chi connectivity index (χ3v) is 11.8. The van der Waals surface area contributed by atoms with E-state index in [2.05, 4.69) is 25.7 Å². The zero-order valence-electron chi connectivity index (χ0n) is 19.4. The zero-order valence-corrected chi connectivity index (χ0v) is 19.4. The minimum atomic E-state index is -0.242. The van der Waals surface area contributed by atoms with Crippen LogP contribution in [-0.4, -0.2) is 41.0 Å². The van der Waals surface area contributed by atoms with Crippen LogP contribution in [0.4, 0.5) is 0 Å². The topological polar surface area (TPSA) is 40.5 Å². The average Bonchev–Trinajstić information content (AvgIpc) is 3.09. The molecular weight excluding hydrogens is 370 g/mol. The van der Waals surface area contributed by atoms with Gasteiger partial charge in [-0.2, -0.15) is 0 Å². The van der Waals surface area contributed by atoms with Crippen LogP contribution in [0.3, 0.4) is 0 Å². The third kappa shape index (κ3) is 2.79. The van der Waals surface area contributed by atoms with E-state index in [1.54, 1.807) is 0 Å². The highest BCUT2D eigenvalue weighted by atomic mass is 16.3. The second-order valence-electron chi connectivity index (χ2n) is 13.0. The lowest BCUT2D eigenvalue weighted by atomic mass is 9.51. The number of hydrogen-bond acceptors (Lipinski definition) is 3. The van der Waals surface area contributed by atoms with Gasteiger partial charge in [-0.25, -0.2) is 0 Å². The van der Waals surface area contributed by atoms with Crippen molar-refractivity contribution in [2.24, 2.45) is 58.7 Å². The van der Waals surface area contributed by atoms with E-state index in [0.29, 0.717) is 11.7 Å². The van der Waals surface area contributed by atoms with Gasteiger partial charge in [0.15, 0.2) is 0 Å². The smallest absolute Gasteiger partial charge is 0.136 e. The van der Waals surface area contributed by atoms with Crippen LogP contribution < -0.4 is 0 Å². The number of carbonyl (C=O) groups is 1. The molecule has 0 bridgehead atoms. The zero-order chi connectivity index (χ0) is 20.8. The van der Waals surface area contributed by atoms with Crippen molar-refractivity contribution >= 4 is 5.78 Å². The maximum absolute atomic E-state index is 13.2. The van der Waals surface area contributed by atoms with Crippen LogP contribution in [0.25, 0.3) is 0 Å². The molecule has 12 atom stereocenters. The van der Waals surface area contributed by atoms with Gasteiger partial charge in [0.25, 0.3) is 0 Å². The summed E-state index contributed by atoms with van der Waals surface area (Å²) in [6, 6.07) is 0.839. The standard InChI is InChI=1S/C27H43NO2/c1-15-4-7-25-16(2)18-5-6-19-20(22(18)14-28(25)13-15)11-23-21(19)12-26(30)24-10-17(29)8-9-27(23,24)3/h15-25,29H,4-14H2,1-3H3/t15-,16+,17-,18+,19+,20+,21-,22+,23-,24+,25+,27+/m0/s1. The van der Waals surface area contributed by atoms with Crippen molar-refractivity contribution in [2.75, 3.05) is 13.1 Å². The number of aliphatic hydroxyl groups excluding tert-OH is 1. The van der Waals surface area contributed by atoms with Crippen molar-refractivity contribution in [2.45, 2.75) is 90.7 Å². The molecule has 4 aliphatic carbocycles.